The highest BCUT2D eigenvalue weighted by Crippen LogP contribution is 2.03. The number of amides is 1. The van der Waals surface area contributed by atoms with Crippen LogP contribution in [0.1, 0.15) is 13.8 Å². The maximum absolute atomic E-state index is 11.5. The van der Waals surface area contributed by atoms with Crippen LogP contribution in [0, 0.1) is 0 Å². The van der Waals surface area contributed by atoms with Crippen molar-refractivity contribution in [1.29, 1.82) is 0 Å². The molecule has 5 N–H and O–H groups in total. The molecule has 0 bridgehead atoms. The van der Waals surface area contributed by atoms with Crippen LogP contribution in [0.15, 0.2) is 0 Å². The van der Waals surface area contributed by atoms with Crippen LogP contribution in [0.5, 0.6) is 0 Å². The molecule has 0 aliphatic rings. The largest absolute Gasteiger partial charge is 0.446 e. The van der Waals surface area contributed by atoms with Gasteiger partial charge in [0.1, 0.15) is 5.54 Å². The normalized spacial score (nSPS) is 12.6. The van der Waals surface area contributed by atoms with Gasteiger partial charge in [-0.25, -0.2) is 9.52 Å². The van der Waals surface area contributed by atoms with Crippen LogP contribution >= 0.6 is 0 Å². The Kier molecular flexibility index (Phi) is 6.49. The lowest BCUT2D eigenvalue weighted by Crippen LogP contribution is -2.60. The zero-order valence-corrected chi connectivity index (χ0v) is 10.9. The number of rotatable bonds is 7. The first-order valence-electron chi connectivity index (χ1n) is 5.05. The molecule has 0 rings (SSSR count). The molecule has 10 heteroatoms. The molecule has 0 aliphatic heterocycles. The third-order valence-corrected chi connectivity index (χ3v) is 2.96. The second-order valence-electron chi connectivity index (χ2n) is 3.92. The number of hydrogen-bond acceptors (Lipinski definition) is 7. The highest BCUT2D eigenvalue weighted by atomic mass is 32.2. The van der Waals surface area contributed by atoms with E-state index < -0.39 is 47.8 Å². The van der Waals surface area contributed by atoms with Crippen LogP contribution in [0.2, 0.25) is 0 Å². The fraction of sp³-hybridized carbons (Fsp3) is 0.875. The van der Waals surface area contributed by atoms with Crippen LogP contribution in [-0.4, -0.2) is 61.3 Å². The first kappa shape index (κ1) is 17.1. The van der Waals surface area contributed by atoms with E-state index in [9.17, 15) is 13.2 Å². The summed E-state index contributed by atoms with van der Waals surface area (Å²) in [6.45, 7) is 0.512. The number of carbonyl (C=O) groups excluding carboxylic acids is 1. The van der Waals surface area contributed by atoms with Gasteiger partial charge in [0.15, 0.2) is 0 Å². The molecule has 0 heterocycles. The van der Waals surface area contributed by atoms with Crippen molar-refractivity contribution in [3.05, 3.63) is 0 Å². The topological polar surface area (TPSA) is 145 Å². The SMILES string of the molecule is CC(C)OC(=O)NS(=O)(=O)NC(CO)(CO)CO. The van der Waals surface area contributed by atoms with Crippen LogP contribution < -0.4 is 9.44 Å². The summed E-state index contributed by atoms with van der Waals surface area (Å²) in [6, 6.07) is 0. The van der Waals surface area contributed by atoms with Crippen molar-refractivity contribution < 1.29 is 33.3 Å². The Morgan fingerprint density at radius 1 is 1.22 bits per heavy atom. The predicted molar refractivity (Wildman–Crippen MR) is 60.8 cm³/mol. The quantitative estimate of drug-likeness (QED) is 0.353. The van der Waals surface area contributed by atoms with Crippen molar-refractivity contribution in [3.8, 4) is 0 Å². The molecule has 0 radical (unpaired) electrons. The van der Waals surface area contributed by atoms with Crippen LogP contribution in [0.25, 0.3) is 0 Å². The number of nitrogens with one attached hydrogen (secondary N) is 2. The number of aliphatic hydroxyl groups excluding tert-OH is 3. The van der Waals surface area contributed by atoms with E-state index in [1.54, 1.807) is 4.72 Å². The van der Waals surface area contributed by atoms with Gasteiger partial charge in [-0.15, -0.1) is 0 Å². The average molecular weight is 286 g/mol. The van der Waals surface area contributed by atoms with Crippen molar-refractivity contribution in [1.82, 2.24) is 9.44 Å². The molecule has 0 aromatic carbocycles. The van der Waals surface area contributed by atoms with Gasteiger partial charge in [-0.2, -0.15) is 13.1 Å². The average Bonchev–Trinajstić information content (AvgIpc) is 2.24. The van der Waals surface area contributed by atoms with Crippen LogP contribution in [0.3, 0.4) is 0 Å². The summed E-state index contributed by atoms with van der Waals surface area (Å²) in [5.41, 5.74) is -1.86. The highest BCUT2D eigenvalue weighted by molar-refractivity contribution is 7.88. The minimum Gasteiger partial charge on any atom is -0.446 e. The molecule has 108 valence electrons. The van der Waals surface area contributed by atoms with Gasteiger partial charge in [-0.1, -0.05) is 0 Å². The second kappa shape index (κ2) is 6.85. The third kappa shape index (κ3) is 5.60. The molecule has 0 spiro atoms. The molecule has 0 fully saturated rings. The Bertz CT molecular complexity index is 355. The zero-order valence-electron chi connectivity index (χ0n) is 10.1. The molecule has 0 aromatic rings. The monoisotopic (exact) mass is 286 g/mol. The van der Waals surface area contributed by atoms with E-state index in [-0.39, 0.29) is 0 Å². The first-order valence-corrected chi connectivity index (χ1v) is 6.53. The maximum atomic E-state index is 11.5. The van der Waals surface area contributed by atoms with Crippen molar-refractivity contribution in [3.63, 3.8) is 0 Å². The summed E-state index contributed by atoms with van der Waals surface area (Å²) >= 11 is 0. The van der Waals surface area contributed by atoms with Gasteiger partial charge in [0.05, 0.1) is 25.9 Å². The summed E-state index contributed by atoms with van der Waals surface area (Å²) in [4.78, 5) is 11.1. The predicted octanol–water partition coefficient (Wildman–Crippen LogP) is -2.33. The minimum absolute atomic E-state index is 0.515. The van der Waals surface area contributed by atoms with E-state index in [1.807, 2.05) is 0 Å². The van der Waals surface area contributed by atoms with Crippen molar-refractivity contribution >= 4 is 16.3 Å². The van der Waals surface area contributed by atoms with Crippen LogP contribution in [0.4, 0.5) is 4.79 Å². The van der Waals surface area contributed by atoms with E-state index >= 15 is 0 Å². The molecule has 0 atom stereocenters. The molecule has 18 heavy (non-hydrogen) atoms. The standard InChI is InChI=1S/C8H18N2O7S/c1-6(2)17-7(14)9-18(15,16)10-8(3-11,4-12)5-13/h6,10-13H,3-5H2,1-2H3,(H,9,14). The summed E-state index contributed by atoms with van der Waals surface area (Å²) < 4.78 is 30.7. The second-order valence-corrected chi connectivity index (χ2v) is 5.33. The molecule has 0 saturated heterocycles. The van der Waals surface area contributed by atoms with Gasteiger partial charge in [0, 0.05) is 0 Å². The van der Waals surface area contributed by atoms with Crippen molar-refractivity contribution in [2.75, 3.05) is 19.8 Å². The van der Waals surface area contributed by atoms with Gasteiger partial charge >= 0.3 is 16.3 Å². The molecule has 0 unspecified atom stereocenters. The Hall–Kier alpha value is -0.940. The molecular formula is C8H18N2O7S. The lowest BCUT2D eigenvalue weighted by molar-refractivity contribution is 0.0577. The smallest absolute Gasteiger partial charge is 0.422 e. The van der Waals surface area contributed by atoms with Crippen molar-refractivity contribution in [2.24, 2.45) is 0 Å². The fourth-order valence-corrected chi connectivity index (χ4v) is 1.99. The summed E-state index contributed by atoms with van der Waals surface area (Å²) in [6.07, 6.45) is -1.72. The molecule has 1 amide bonds. The Balaban J connectivity index is 4.70. The Morgan fingerprint density at radius 3 is 2.00 bits per heavy atom. The minimum atomic E-state index is -4.37. The lowest BCUT2D eigenvalue weighted by atomic mass is 10.1. The summed E-state index contributed by atoms with van der Waals surface area (Å²) in [7, 11) is -4.37. The van der Waals surface area contributed by atoms with Gasteiger partial charge in [0.2, 0.25) is 0 Å². The van der Waals surface area contributed by atoms with E-state index in [2.05, 4.69) is 4.74 Å². The third-order valence-electron chi connectivity index (χ3n) is 1.82. The van der Waals surface area contributed by atoms with E-state index in [4.69, 9.17) is 15.3 Å². The first-order chi connectivity index (χ1) is 8.20. The van der Waals surface area contributed by atoms with Crippen LogP contribution in [-0.2, 0) is 14.9 Å². The van der Waals surface area contributed by atoms with E-state index in [0.717, 1.165) is 0 Å². The molecular weight excluding hydrogens is 268 g/mol. The van der Waals surface area contributed by atoms with Gasteiger partial charge in [0.25, 0.3) is 0 Å². The molecule has 9 nitrogen and oxygen atoms in total. The lowest BCUT2D eigenvalue weighted by Gasteiger charge is -2.27. The molecule has 0 saturated carbocycles. The molecule has 0 aliphatic carbocycles. The van der Waals surface area contributed by atoms with Gasteiger partial charge < -0.3 is 20.1 Å². The Morgan fingerprint density at radius 2 is 1.67 bits per heavy atom. The summed E-state index contributed by atoms with van der Waals surface area (Å²) in [5, 5.41) is 26.8. The number of hydrogen-bond donors (Lipinski definition) is 5. The Labute approximate surface area is 105 Å². The van der Waals surface area contributed by atoms with E-state index in [0.29, 0.717) is 0 Å². The van der Waals surface area contributed by atoms with Gasteiger partial charge in [-0.3, -0.25) is 0 Å². The zero-order chi connectivity index (χ0) is 14.4. The number of ether oxygens (including phenoxy) is 1. The maximum Gasteiger partial charge on any atom is 0.422 e. The molecule has 0 aromatic heterocycles. The van der Waals surface area contributed by atoms with E-state index in [1.165, 1.54) is 18.6 Å². The highest BCUT2D eigenvalue weighted by Gasteiger charge is 2.34. The van der Waals surface area contributed by atoms with Gasteiger partial charge in [-0.05, 0) is 13.8 Å². The number of carbonyl (C=O) groups is 1. The number of aliphatic hydroxyl groups is 3. The van der Waals surface area contributed by atoms with Crippen molar-refractivity contribution in [2.45, 2.75) is 25.5 Å². The fourth-order valence-electron chi connectivity index (χ4n) is 0.905. The summed E-state index contributed by atoms with van der Waals surface area (Å²) in [5.74, 6) is 0.